The van der Waals surface area contributed by atoms with Crippen LogP contribution in [0.4, 0.5) is 10.1 Å². The first-order chi connectivity index (χ1) is 18.8. The van der Waals surface area contributed by atoms with Crippen molar-refractivity contribution < 1.29 is 14.3 Å². The monoisotopic (exact) mass is 520 g/mol. The molecule has 2 aromatic carbocycles. The van der Waals surface area contributed by atoms with E-state index in [1.165, 1.54) is 6.07 Å². The molecule has 9 heteroatoms. The van der Waals surface area contributed by atoms with Crippen molar-refractivity contribution in [1.82, 2.24) is 25.1 Å². The van der Waals surface area contributed by atoms with Gasteiger partial charge in [-0.15, -0.1) is 0 Å². The zero-order valence-electron chi connectivity index (χ0n) is 21.3. The summed E-state index contributed by atoms with van der Waals surface area (Å²) in [4.78, 5) is 24.5. The molecule has 0 unspecified atom stereocenters. The number of hydrogen-bond donors (Lipinski definition) is 4. The molecule has 0 aliphatic carbocycles. The summed E-state index contributed by atoms with van der Waals surface area (Å²) < 4.78 is 14.0. The maximum absolute atomic E-state index is 14.0. The van der Waals surface area contributed by atoms with Crippen LogP contribution in [0.1, 0.15) is 20.3 Å². The van der Waals surface area contributed by atoms with Crippen molar-refractivity contribution in [3.05, 3.63) is 79.0 Å². The van der Waals surface area contributed by atoms with E-state index in [2.05, 4.69) is 30.5 Å². The first kappa shape index (κ1) is 24.3. The Morgan fingerprint density at radius 2 is 1.85 bits per heavy atom. The average molecular weight is 521 g/mol. The highest BCUT2D eigenvalue weighted by molar-refractivity contribution is 6.01. The van der Waals surface area contributed by atoms with Gasteiger partial charge >= 0.3 is 0 Å². The molecule has 0 saturated heterocycles. The summed E-state index contributed by atoms with van der Waals surface area (Å²) in [6, 6.07) is 15.6. The Hall–Kier alpha value is -5.05. The Morgan fingerprint density at radius 1 is 1.00 bits per heavy atom. The lowest BCUT2D eigenvalue weighted by Crippen LogP contribution is -2.13. The van der Waals surface area contributed by atoms with Gasteiger partial charge in [0.15, 0.2) is 5.65 Å². The number of rotatable bonds is 6. The van der Waals surface area contributed by atoms with Crippen molar-refractivity contribution in [2.24, 2.45) is 5.92 Å². The molecule has 6 rings (SSSR count). The molecular weight excluding hydrogens is 495 g/mol. The topological polar surface area (TPSA) is 120 Å². The number of halogens is 1. The van der Waals surface area contributed by atoms with Crippen LogP contribution in [0.2, 0.25) is 0 Å². The lowest BCUT2D eigenvalue weighted by Gasteiger charge is -2.08. The summed E-state index contributed by atoms with van der Waals surface area (Å²) in [5, 5.41) is 22.0. The largest absolute Gasteiger partial charge is 0.508 e. The summed E-state index contributed by atoms with van der Waals surface area (Å²) in [6.07, 6.45) is 5.51. The summed E-state index contributed by atoms with van der Waals surface area (Å²) in [6.45, 7) is 4.00. The standard InChI is InChI=1S/C30H25FN6O2/c1-16(2)6-28(39)34-21-8-18(13-32-15-21)19-10-25-29(36-37-30(25)33-14-19)27-12-24-23(4-3-5-26(24)35-27)17-7-20(31)11-22(38)9-17/h3-5,7-16,35,38H,6H2,1-2H3,(H,34,39)(H,33,36,37). The molecule has 4 N–H and O–H groups in total. The van der Waals surface area contributed by atoms with Crippen LogP contribution in [0.5, 0.6) is 5.75 Å². The third-order valence-electron chi connectivity index (χ3n) is 6.49. The van der Waals surface area contributed by atoms with Gasteiger partial charge in [0.1, 0.15) is 11.6 Å². The number of H-pyrrole nitrogens is 2. The number of aromatic nitrogens is 5. The smallest absolute Gasteiger partial charge is 0.224 e. The third-order valence-corrected chi connectivity index (χ3v) is 6.49. The minimum Gasteiger partial charge on any atom is -0.508 e. The van der Waals surface area contributed by atoms with Gasteiger partial charge in [0.2, 0.25) is 5.91 Å². The fraction of sp³-hybridized carbons (Fsp3) is 0.133. The van der Waals surface area contributed by atoms with Crippen LogP contribution in [0, 0.1) is 11.7 Å². The van der Waals surface area contributed by atoms with Gasteiger partial charge in [-0.25, -0.2) is 9.37 Å². The number of aromatic amines is 2. The summed E-state index contributed by atoms with van der Waals surface area (Å²) in [7, 11) is 0. The van der Waals surface area contributed by atoms with Crippen LogP contribution in [0.15, 0.2) is 73.2 Å². The van der Waals surface area contributed by atoms with Gasteiger partial charge in [-0.05, 0) is 53.4 Å². The molecular formula is C30H25FN6O2. The number of amides is 1. The average Bonchev–Trinajstić information content (AvgIpc) is 3.51. The number of phenols is 1. The van der Waals surface area contributed by atoms with Gasteiger partial charge in [0.05, 0.1) is 23.3 Å². The number of fused-ring (bicyclic) bond motifs is 2. The molecule has 6 aromatic rings. The van der Waals surface area contributed by atoms with Crippen LogP contribution < -0.4 is 5.32 Å². The zero-order chi connectivity index (χ0) is 27.1. The van der Waals surface area contributed by atoms with E-state index in [0.29, 0.717) is 23.3 Å². The first-order valence-corrected chi connectivity index (χ1v) is 12.6. The number of pyridine rings is 2. The molecule has 0 saturated carbocycles. The maximum Gasteiger partial charge on any atom is 0.224 e. The van der Waals surface area contributed by atoms with Crippen molar-refractivity contribution >= 4 is 33.5 Å². The minimum absolute atomic E-state index is 0.0544. The second-order valence-electron chi connectivity index (χ2n) is 9.95. The van der Waals surface area contributed by atoms with Crippen LogP contribution in [-0.2, 0) is 4.79 Å². The Kier molecular flexibility index (Phi) is 6.03. The van der Waals surface area contributed by atoms with E-state index in [-0.39, 0.29) is 17.6 Å². The molecule has 8 nitrogen and oxygen atoms in total. The van der Waals surface area contributed by atoms with Crippen molar-refractivity contribution in [2.45, 2.75) is 20.3 Å². The van der Waals surface area contributed by atoms with Crippen LogP contribution >= 0.6 is 0 Å². The number of anilines is 1. The van der Waals surface area contributed by atoms with Gasteiger partial charge in [0, 0.05) is 52.3 Å². The number of nitrogens with one attached hydrogen (secondary N) is 3. The van der Waals surface area contributed by atoms with Crippen molar-refractivity contribution in [3.8, 4) is 39.4 Å². The molecule has 0 aliphatic heterocycles. The molecule has 1 amide bonds. The van der Waals surface area contributed by atoms with E-state index in [1.807, 2.05) is 50.2 Å². The molecule has 39 heavy (non-hydrogen) atoms. The molecule has 0 radical (unpaired) electrons. The summed E-state index contributed by atoms with van der Waals surface area (Å²) in [5.74, 6) is -0.432. The van der Waals surface area contributed by atoms with Crippen molar-refractivity contribution in [1.29, 1.82) is 0 Å². The normalized spacial score (nSPS) is 11.5. The Morgan fingerprint density at radius 3 is 2.67 bits per heavy atom. The number of phenolic OH excluding ortho intramolecular Hbond substituents is 1. The second-order valence-corrected chi connectivity index (χ2v) is 9.95. The van der Waals surface area contributed by atoms with Crippen molar-refractivity contribution in [3.63, 3.8) is 0 Å². The van der Waals surface area contributed by atoms with Crippen LogP contribution in [0.3, 0.4) is 0 Å². The minimum atomic E-state index is -0.506. The molecule has 4 aromatic heterocycles. The quantitative estimate of drug-likeness (QED) is 0.196. The molecule has 0 aliphatic rings. The van der Waals surface area contributed by atoms with Gasteiger partial charge in [-0.1, -0.05) is 26.0 Å². The van der Waals surface area contributed by atoms with E-state index in [9.17, 15) is 14.3 Å². The first-order valence-electron chi connectivity index (χ1n) is 12.6. The van der Waals surface area contributed by atoms with Gasteiger partial charge < -0.3 is 15.4 Å². The SMILES string of the molecule is CC(C)CC(=O)Nc1cncc(-c2cnc3n[nH]c(-c4cc5c(-c6cc(O)cc(F)c6)cccc5[nH]4)c3c2)c1. The Labute approximate surface area is 223 Å². The highest BCUT2D eigenvalue weighted by Crippen LogP contribution is 2.36. The zero-order valence-corrected chi connectivity index (χ0v) is 21.3. The molecule has 194 valence electrons. The number of hydrogen-bond acceptors (Lipinski definition) is 5. The number of aromatic hydroxyl groups is 1. The molecule has 4 heterocycles. The van der Waals surface area contributed by atoms with E-state index >= 15 is 0 Å². The van der Waals surface area contributed by atoms with Crippen molar-refractivity contribution in [2.75, 3.05) is 5.32 Å². The maximum atomic E-state index is 14.0. The number of carbonyl (C=O) groups excluding carboxylic acids is 1. The fourth-order valence-electron chi connectivity index (χ4n) is 4.78. The van der Waals surface area contributed by atoms with E-state index in [1.54, 1.807) is 24.7 Å². The Bertz CT molecular complexity index is 1840. The number of benzene rings is 2. The molecule has 0 spiro atoms. The second kappa shape index (κ2) is 9.68. The highest BCUT2D eigenvalue weighted by atomic mass is 19.1. The predicted octanol–water partition coefficient (Wildman–Crippen LogP) is 6.66. The molecule has 0 bridgehead atoms. The summed E-state index contributed by atoms with van der Waals surface area (Å²) in [5.41, 5.74) is 6.56. The van der Waals surface area contributed by atoms with Gasteiger partial charge in [-0.3, -0.25) is 14.9 Å². The third kappa shape index (κ3) is 4.82. The van der Waals surface area contributed by atoms with Gasteiger partial charge in [0.25, 0.3) is 0 Å². The predicted molar refractivity (Wildman–Crippen MR) is 150 cm³/mol. The Balaban J connectivity index is 1.39. The van der Waals surface area contributed by atoms with Crippen LogP contribution in [-0.4, -0.2) is 36.2 Å². The number of nitrogens with zero attached hydrogens (tertiary/aromatic N) is 3. The fourth-order valence-corrected chi connectivity index (χ4v) is 4.78. The molecule has 0 atom stereocenters. The van der Waals surface area contributed by atoms with E-state index in [0.717, 1.165) is 50.4 Å². The molecule has 0 fully saturated rings. The lowest BCUT2D eigenvalue weighted by molar-refractivity contribution is -0.116. The highest BCUT2D eigenvalue weighted by Gasteiger charge is 2.16. The number of carbonyl (C=O) groups is 1. The van der Waals surface area contributed by atoms with E-state index < -0.39 is 5.82 Å². The van der Waals surface area contributed by atoms with Crippen LogP contribution in [0.25, 0.3) is 55.6 Å². The summed E-state index contributed by atoms with van der Waals surface area (Å²) >= 11 is 0. The van der Waals surface area contributed by atoms with E-state index in [4.69, 9.17) is 0 Å². The van der Waals surface area contributed by atoms with Gasteiger partial charge in [-0.2, -0.15) is 5.10 Å². The lowest BCUT2D eigenvalue weighted by atomic mass is 10.0.